The zero-order chi connectivity index (χ0) is 22.1. The number of nitrogens with zero attached hydrogens (tertiary/aromatic N) is 6. The number of hydrogen-bond acceptors (Lipinski definition) is 7. The van der Waals surface area contributed by atoms with E-state index in [2.05, 4.69) is 20.2 Å². The average Bonchev–Trinajstić information content (AvgIpc) is 3.25. The molecule has 1 saturated heterocycles. The number of hydrogen-bond donors (Lipinski definition) is 1. The summed E-state index contributed by atoms with van der Waals surface area (Å²) < 4.78 is 7.76. The molecule has 1 fully saturated rings. The van der Waals surface area contributed by atoms with Gasteiger partial charge in [-0.05, 0) is 30.3 Å². The number of carbonyl (C=O) groups is 1. The van der Waals surface area contributed by atoms with Crippen molar-refractivity contribution in [2.45, 2.75) is 18.9 Å². The molecule has 0 atom stereocenters. The smallest absolute Gasteiger partial charge is 0.248 e. The fourth-order valence-corrected chi connectivity index (χ4v) is 3.87. The molecule has 0 bridgehead atoms. The van der Waals surface area contributed by atoms with Crippen LogP contribution in [0.25, 0.3) is 22.2 Å². The fraction of sp³-hybridized carbons (Fsp3) is 0.261. The van der Waals surface area contributed by atoms with Crippen molar-refractivity contribution < 1.29 is 9.53 Å². The van der Waals surface area contributed by atoms with Gasteiger partial charge in [-0.15, -0.1) is 5.10 Å². The summed E-state index contributed by atoms with van der Waals surface area (Å²) in [5.74, 6) is 1.02. The maximum absolute atomic E-state index is 11.2. The minimum atomic E-state index is -0.441. The van der Waals surface area contributed by atoms with Crippen LogP contribution in [-0.4, -0.2) is 50.1 Å². The molecule has 1 aliphatic heterocycles. The number of fused-ring (bicyclic) bond motifs is 1. The molecular weight excluding hydrogens is 406 g/mol. The Balaban J connectivity index is 1.26. The van der Waals surface area contributed by atoms with Crippen LogP contribution in [0.15, 0.2) is 54.9 Å². The molecule has 0 aliphatic carbocycles. The zero-order valence-corrected chi connectivity index (χ0v) is 17.7. The number of amides is 1. The lowest BCUT2D eigenvalue weighted by Crippen LogP contribution is -2.39. The monoisotopic (exact) mass is 429 g/mol. The Morgan fingerprint density at radius 2 is 1.91 bits per heavy atom. The Morgan fingerprint density at radius 1 is 1.12 bits per heavy atom. The van der Waals surface area contributed by atoms with Gasteiger partial charge in [0.05, 0.1) is 11.7 Å². The molecule has 0 saturated carbocycles. The van der Waals surface area contributed by atoms with Crippen LogP contribution in [0.4, 0.5) is 5.95 Å². The van der Waals surface area contributed by atoms with E-state index in [9.17, 15) is 4.79 Å². The number of aromatic nitrogens is 5. The Bertz CT molecular complexity index is 1260. The lowest BCUT2D eigenvalue weighted by atomic mass is 10.1. The largest absolute Gasteiger partial charge is 0.490 e. The first-order chi connectivity index (χ1) is 15.5. The van der Waals surface area contributed by atoms with Crippen molar-refractivity contribution in [3.05, 3.63) is 60.4 Å². The fourth-order valence-electron chi connectivity index (χ4n) is 3.87. The Labute approximate surface area is 184 Å². The third kappa shape index (κ3) is 4.09. The third-order valence-corrected chi connectivity index (χ3v) is 5.63. The van der Waals surface area contributed by atoms with Crippen molar-refractivity contribution in [3.8, 4) is 17.0 Å². The number of anilines is 1. The second-order valence-electron chi connectivity index (χ2n) is 7.91. The molecule has 1 aliphatic rings. The highest BCUT2D eigenvalue weighted by molar-refractivity contribution is 5.92. The summed E-state index contributed by atoms with van der Waals surface area (Å²) in [6.07, 6.45) is 5.57. The topological polar surface area (TPSA) is 112 Å². The predicted octanol–water partition coefficient (Wildman–Crippen LogP) is 2.57. The van der Waals surface area contributed by atoms with E-state index in [1.54, 1.807) is 28.9 Å². The van der Waals surface area contributed by atoms with E-state index in [1.807, 2.05) is 37.6 Å². The van der Waals surface area contributed by atoms with Gasteiger partial charge in [-0.1, -0.05) is 17.3 Å². The number of aryl methyl sites for hydroxylation is 1. The molecule has 0 unspecified atom stereocenters. The summed E-state index contributed by atoms with van der Waals surface area (Å²) in [5, 5.41) is 9.18. The molecule has 2 N–H and O–H groups in total. The van der Waals surface area contributed by atoms with Crippen LogP contribution in [-0.2, 0) is 7.05 Å². The quantitative estimate of drug-likeness (QED) is 0.519. The second-order valence-corrected chi connectivity index (χ2v) is 7.91. The molecule has 1 amide bonds. The molecule has 5 rings (SSSR count). The van der Waals surface area contributed by atoms with Gasteiger partial charge >= 0.3 is 0 Å². The zero-order valence-electron chi connectivity index (χ0n) is 17.7. The standard InChI is InChI=1S/C23H23N7O2/c1-29-14-21(27-28-29)16-2-3-17-13-25-23(26-20(17)12-16)30-10-8-19(9-11-30)32-18-6-4-15(5-7-18)22(24)31/h2-7,12-14,19H,8-11H2,1H3,(H2,24,31). The molecule has 3 heterocycles. The summed E-state index contributed by atoms with van der Waals surface area (Å²) in [5.41, 5.74) is 8.44. The van der Waals surface area contributed by atoms with Crippen LogP contribution in [0.1, 0.15) is 23.2 Å². The van der Waals surface area contributed by atoms with Crippen LogP contribution < -0.4 is 15.4 Å². The summed E-state index contributed by atoms with van der Waals surface area (Å²) in [6.45, 7) is 1.61. The summed E-state index contributed by atoms with van der Waals surface area (Å²) >= 11 is 0. The van der Waals surface area contributed by atoms with Gasteiger partial charge in [-0.2, -0.15) is 0 Å². The van der Waals surface area contributed by atoms with E-state index in [0.29, 0.717) is 5.56 Å². The molecule has 0 radical (unpaired) electrons. The maximum atomic E-state index is 11.2. The number of nitrogens with two attached hydrogens (primary N) is 1. The van der Waals surface area contributed by atoms with Crippen molar-refractivity contribution in [1.29, 1.82) is 0 Å². The molecule has 2 aromatic carbocycles. The van der Waals surface area contributed by atoms with Gasteiger partial charge in [0, 0.05) is 55.7 Å². The molecule has 2 aromatic heterocycles. The van der Waals surface area contributed by atoms with Crippen LogP contribution in [0.3, 0.4) is 0 Å². The van der Waals surface area contributed by atoms with E-state index >= 15 is 0 Å². The Kier molecular flexibility index (Phi) is 5.14. The molecule has 0 spiro atoms. The SMILES string of the molecule is Cn1cc(-c2ccc3cnc(N4CCC(Oc5ccc(C(N)=O)cc5)CC4)nc3c2)nn1. The van der Waals surface area contributed by atoms with Crippen LogP contribution >= 0.6 is 0 Å². The highest BCUT2D eigenvalue weighted by Crippen LogP contribution is 2.25. The van der Waals surface area contributed by atoms with E-state index in [0.717, 1.165) is 59.8 Å². The molecular formula is C23H23N7O2. The van der Waals surface area contributed by atoms with E-state index < -0.39 is 5.91 Å². The summed E-state index contributed by atoms with van der Waals surface area (Å²) in [7, 11) is 1.85. The highest BCUT2D eigenvalue weighted by atomic mass is 16.5. The van der Waals surface area contributed by atoms with Crippen LogP contribution in [0, 0.1) is 0 Å². The molecule has 162 valence electrons. The number of carbonyl (C=O) groups excluding carboxylic acids is 1. The first-order valence-corrected chi connectivity index (χ1v) is 10.5. The van der Waals surface area contributed by atoms with Gasteiger partial charge in [0.2, 0.25) is 11.9 Å². The number of primary amides is 1. The normalized spacial score (nSPS) is 14.6. The lowest BCUT2D eigenvalue weighted by molar-refractivity contribution is 0.1000. The van der Waals surface area contributed by atoms with Crippen LogP contribution in [0.5, 0.6) is 5.75 Å². The van der Waals surface area contributed by atoms with Gasteiger partial charge in [-0.25, -0.2) is 9.97 Å². The molecule has 9 heteroatoms. The number of rotatable bonds is 5. The summed E-state index contributed by atoms with van der Waals surface area (Å²) in [6, 6.07) is 13.0. The van der Waals surface area contributed by atoms with E-state index in [4.69, 9.17) is 15.5 Å². The highest BCUT2D eigenvalue weighted by Gasteiger charge is 2.22. The van der Waals surface area contributed by atoms with Gasteiger partial charge in [0.25, 0.3) is 0 Å². The summed E-state index contributed by atoms with van der Waals surface area (Å²) in [4.78, 5) is 22.8. The Morgan fingerprint density at radius 3 is 2.59 bits per heavy atom. The average molecular weight is 429 g/mol. The maximum Gasteiger partial charge on any atom is 0.248 e. The van der Waals surface area contributed by atoms with E-state index in [1.165, 1.54) is 0 Å². The van der Waals surface area contributed by atoms with Crippen molar-refractivity contribution in [2.24, 2.45) is 12.8 Å². The van der Waals surface area contributed by atoms with Crippen LogP contribution in [0.2, 0.25) is 0 Å². The minimum absolute atomic E-state index is 0.106. The van der Waals surface area contributed by atoms with Gasteiger partial charge in [0.15, 0.2) is 0 Å². The predicted molar refractivity (Wildman–Crippen MR) is 120 cm³/mol. The van der Waals surface area contributed by atoms with Gasteiger partial charge < -0.3 is 15.4 Å². The molecule has 4 aromatic rings. The third-order valence-electron chi connectivity index (χ3n) is 5.63. The van der Waals surface area contributed by atoms with Crippen molar-refractivity contribution in [1.82, 2.24) is 25.0 Å². The van der Waals surface area contributed by atoms with Crippen molar-refractivity contribution in [3.63, 3.8) is 0 Å². The van der Waals surface area contributed by atoms with Gasteiger partial charge in [-0.3, -0.25) is 9.48 Å². The second kappa shape index (κ2) is 8.26. The lowest BCUT2D eigenvalue weighted by Gasteiger charge is -2.32. The first-order valence-electron chi connectivity index (χ1n) is 10.5. The molecule has 32 heavy (non-hydrogen) atoms. The Hall–Kier alpha value is -4.01. The van der Waals surface area contributed by atoms with E-state index in [-0.39, 0.29) is 6.10 Å². The number of piperidine rings is 1. The molecule has 9 nitrogen and oxygen atoms in total. The first kappa shape index (κ1) is 19.9. The number of ether oxygens (including phenoxy) is 1. The van der Waals surface area contributed by atoms with Crippen molar-refractivity contribution >= 4 is 22.8 Å². The van der Waals surface area contributed by atoms with Crippen molar-refractivity contribution in [2.75, 3.05) is 18.0 Å². The van der Waals surface area contributed by atoms with Gasteiger partial charge in [0.1, 0.15) is 17.5 Å². The number of benzene rings is 2. The minimum Gasteiger partial charge on any atom is -0.490 e.